The minimum absolute atomic E-state index is 0.299. The number of hydrogen-bond acceptors (Lipinski definition) is 7. The molecule has 0 bridgehead atoms. The second-order valence-corrected chi connectivity index (χ2v) is 8.57. The summed E-state index contributed by atoms with van der Waals surface area (Å²) in [7, 11) is 0. The van der Waals surface area contributed by atoms with E-state index in [1.54, 1.807) is 42.6 Å². The second-order valence-electron chi connectivity index (χ2n) is 8.57. The molecule has 192 valence electrons. The lowest BCUT2D eigenvalue weighted by atomic mass is 10.1. The van der Waals surface area contributed by atoms with Gasteiger partial charge in [0.2, 0.25) is 5.95 Å². The molecule has 4 aromatic rings. The number of benzene rings is 2. The Labute approximate surface area is 210 Å². The van der Waals surface area contributed by atoms with Crippen LogP contribution in [0.5, 0.6) is 0 Å². The van der Waals surface area contributed by atoms with Crippen LogP contribution in [0.4, 0.5) is 34.9 Å². The fourth-order valence-corrected chi connectivity index (χ4v) is 4.15. The molecule has 12 heteroatoms. The summed E-state index contributed by atoms with van der Waals surface area (Å²) in [6.07, 6.45) is -2.02. The third-order valence-corrected chi connectivity index (χ3v) is 6.15. The number of nitrogens with zero attached hydrogens (tertiary/aromatic N) is 7. The van der Waals surface area contributed by atoms with Crippen molar-refractivity contribution in [3.63, 3.8) is 0 Å². The number of piperazine rings is 1. The van der Waals surface area contributed by atoms with E-state index in [-0.39, 0.29) is 5.82 Å². The number of hydrogen-bond donors (Lipinski definition) is 1. The number of likely N-dealkylation sites (N-methyl/N-ethyl adjacent to an activating group) is 1. The van der Waals surface area contributed by atoms with E-state index in [0.717, 1.165) is 49.4 Å². The molecule has 3 heterocycles. The molecule has 0 aliphatic carbocycles. The summed E-state index contributed by atoms with van der Waals surface area (Å²) in [6, 6.07) is 13.1. The van der Waals surface area contributed by atoms with E-state index < -0.39 is 12.0 Å². The molecule has 5 rings (SSSR count). The van der Waals surface area contributed by atoms with Crippen LogP contribution in [-0.2, 0) is 6.18 Å². The summed E-state index contributed by atoms with van der Waals surface area (Å²) in [6.45, 7) is 6.66. The van der Waals surface area contributed by atoms with Gasteiger partial charge in [0.25, 0.3) is 5.82 Å². The topological polar surface area (TPSA) is 75.0 Å². The van der Waals surface area contributed by atoms with Crippen LogP contribution in [0.2, 0.25) is 0 Å². The molecule has 0 atom stereocenters. The van der Waals surface area contributed by atoms with Crippen LogP contribution in [0.3, 0.4) is 0 Å². The first kappa shape index (κ1) is 24.6. The van der Waals surface area contributed by atoms with Gasteiger partial charge in [-0.05, 0) is 55.1 Å². The van der Waals surface area contributed by atoms with Crippen molar-refractivity contribution in [3.8, 4) is 16.9 Å². The Morgan fingerprint density at radius 1 is 0.919 bits per heavy atom. The van der Waals surface area contributed by atoms with E-state index in [2.05, 4.69) is 42.1 Å². The molecule has 1 saturated heterocycles. The predicted octanol–water partition coefficient (Wildman–Crippen LogP) is 4.77. The highest BCUT2D eigenvalue weighted by Gasteiger charge is 2.35. The van der Waals surface area contributed by atoms with Crippen LogP contribution in [0.25, 0.3) is 16.9 Å². The first-order chi connectivity index (χ1) is 17.8. The SMILES string of the molecule is CCN1CCN(c2cc(F)cc(-c3ccnc(Nc4ccc(-n5cnc(C(F)(F)F)n5)cc4)n3)c2)CC1. The maximum Gasteiger partial charge on any atom is 0.453 e. The maximum atomic E-state index is 14.5. The van der Waals surface area contributed by atoms with Crippen molar-refractivity contribution in [2.75, 3.05) is 42.9 Å². The Bertz CT molecular complexity index is 1360. The molecule has 1 aliphatic rings. The molecular weight excluding hydrogens is 488 g/mol. The van der Waals surface area contributed by atoms with E-state index in [0.29, 0.717) is 28.6 Å². The number of aromatic nitrogens is 5. The van der Waals surface area contributed by atoms with Crippen molar-refractivity contribution in [1.29, 1.82) is 0 Å². The highest BCUT2D eigenvalue weighted by Crippen LogP contribution is 2.28. The highest BCUT2D eigenvalue weighted by atomic mass is 19.4. The van der Waals surface area contributed by atoms with Gasteiger partial charge in [-0.2, -0.15) is 13.2 Å². The molecule has 1 N–H and O–H groups in total. The monoisotopic (exact) mass is 512 g/mol. The van der Waals surface area contributed by atoms with Gasteiger partial charge in [0.1, 0.15) is 12.1 Å². The third-order valence-electron chi connectivity index (χ3n) is 6.15. The maximum absolute atomic E-state index is 14.5. The highest BCUT2D eigenvalue weighted by molar-refractivity contribution is 5.67. The smallest absolute Gasteiger partial charge is 0.369 e. The zero-order valence-electron chi connectivity index (χ0n) is 20.0. The van der Waals surface area contributed by atoms with Gasteiger partial charge in [0.05, 0.1) is 11.4 Å². The van der Waals surface area contributed by atoms with Crippen molar-refractivity contribution in [2.45, 2.75) is 13.1 Å². The minimum atomic E-state index is -4.61. The molecule has 1 aliphatic heterocycles. The average molecular weight is 513 g/mol. The van der Waals surface area contributed by atoms with Crippen molar-refractivity contribution in [3.05, 3.63) is 72.7 Å². The lowest BCUT2D eigenvalue weighted by Gasteiger charge is -2.35. The number of halogens is 4. The predicted molar refractivity (Wildman–Crippen MR) is 131 cm³/mol. The Kier molecular flexibility index (Phi) is 6.74. The quantitative estimate of drug-likeness (QED) is 0.373. The molecule has 1 fully saturated rings. The van der Waals surface area contributed by atoms with Gasteiger partial charge in [-0.3, -0.25) is 0 Å². The largest absolute Gasteiger partial charge is 0.453 e. The Hall–Kier alpha value is -4.06. The zero-order chi connectivity index (χ0) is 26.0. The Balaban J connectivity index is 1.31. The van der Waals surface area contributed by atoms with Crippen molar-refractivity contribution < 1.29 is 17.6 Å². The van der Waals surface area contributed by atoms with Crippen LogP contribution in [0.15, 0.2) is 61.1 Å². The van der Waals surface area contributed by atoms with Crippen LogP contribution >= 0.6 is 0 Å². The molecule has 0 amide bonds. The molecule has 0 spiro atoms. The first-order valence-electron chi connectivity index (χ1n) is 11.8. The molecule has 0 saturated carbocycles. The van der Waals surface area contributed by atoms with Gasteiger partial charge < -0.3 is 15.1 Å². The molecule has 0 radical (unpaired) electrons. The summed E-state index contributed by atoms with van der Waals surface area (Å²) in [5, 5.41) is 6.53. The number of nitrogens with one attached hydrogen (secondary N) is 1. The average Bonchev–Trinajstić information content (AvgIpc) is 3.40. The van der Waals surface area contributed by atoms with Crippen LogP contribution in [0.1, 0.15) is 12.7 Å². The molecule has 37 heavy (non-hydrogen) atoms. The van der Waals surface area contributed by atoms with Crippen molar-refractivity contribution in [1.82, 2.24) is 29.6 Å². The lowest BCUT2D eigenvalue weighted by Crippen LogP contribution is -2.46. The molecule has 2 aromatic carbocycles. The van der Waals surface area contributed by atoms with Crippen molar-refractivity contribution >= 4 is 17.3 Å². The third kappa shape index (κ3) is 5.69. The first-order valence-corrected chi connectivity index (χ1v) is 11.8. The fourth-order valence-electron chi connectivity index (χ4n) is 4.15. The lowest BCUT2D eigenvalue weighted by molar-refractivity contribution is -0.144. The molecule has 2 aromatic heterocycles. The van der Waals surface area contributed by atoms with Crippen LogP contribution in [0, 0.1) is 5.82 Å². The summed E-state index contributed by atoms with van der Waals surface area (Å²) in [5.41, 5.74) is 3.04. The standard InChI is InChI=1S/C25H24F4N8/c1-2-35-9-11-36(12-10-35)21-14-17(13-18(26)15-21)22-7-8-30-24(33-22)32-19-3-5-20(6-4-19)37-16-31-23(34-37)25(27,28)29/h3-8,13-16H,2,9-12H2,1H3,(H,30,32,33). The van der Waals surface area contributed by atoms with Gasteiger partial charge in [-0.1, -0.05) is 6.92 Å². The Morgan fingerprint density at radius 2 is 1.68 bits per heavy atom. The van der Waals surface area contributed by atoms with E-state index in [9.17, 15) is 17.6 Å². The van der Waals surface area contributed by atoms with Gasteiger partial charge in [0, 0.05) is 49.3 Å². The van der Waals surface area contributed by atoms with Crippen LogP contribution in [-0.4, -0.2) is 62.4 Å². The van der Waals surface area contributed by atoms with Gasteiger partial charge >= 0.3 is 6.18 Å². The minimum Gasteiger partial charge on any atom is -0.369 e. The summed E-state index contributed by atoms with van der Waals surface area (Å²) >= 11 is 0. The number of rotatable bonds is 6. The van der Waals surface area contributed by atoms with E-state index in [1.807, 2.05) is 6.07 Å². The van der Waals surface area contributed by atoms with Crippen LogP contribution < -0.4 is 10.2 Å². The van der Waals surface area contributed by atoms with E-state index in [1.165, 1.54) is 6.07 Å². The summed E-state index contributed by atoms with van der Waals surface area (Å²) in [4.78, 5) is 16.6. The summed E-state index contributed by atoms with van der Waals surface area (Å²) in [5.74, 6) is -1.24. The fraction of sp³-hybridized carbons (Fsp3) is 0.280. The molecule has 8 nitrogen and oxygen atoms in total. The van der Waals surface area contributed by atoms with Gasteiger partial charge in [0.15, 0.2) is 0 Å². The van der Waals surface area contributed by atoms with Crippen molar-refractivity contribution in [2.24, 2.45) is 0 Å². The molecule has 0 unspecified atom stereocenters. The Morgan fingerprint density at radius 3 is 2.35 bits per heavy atom. The van der Waals surface area contributed by atoms with E-state index in [4.69, 9.17) is 0 Å². The van der Waals surface area contributed by atoms with Gasteiger partial charge in [-0.15, -0.1) is 5.10 Å². The summed E-state index contributed by atoms with van der Waals surface area (Å²) < 4.78 is 53.9. The normalized spacial score (nSPS) is 14.7. The zero-order valence-corrected chi connectivity index (χ0v) is 20.0. The molecular formula is C25H24F4N8. The number of alkyl halides is 3. The number of anilines is 3. The second kappa shape index (κ2) is 10.1. The van der Waals surface area contributed by atoms with Gasteiger partial charge in [-0.25, -0.2) is 24.0 Å². The van der Waals surface area contributed by atoms with E-state index >= 15 is 0 Å².